The number of halogens is 1. The summed E-state index contributed by atoms with van der Waals surface area (Å²) in [6.07, 6.45) is 2.96. The zero-order chi connectivity index (χ0) is 16.9. The molecule has 122 valence electrons. The monoisotopic (exact) mass is 337 g/mol. The Morgan fingerprint density at radius 3 is 2.74 bits per heavy atom. The molecule has 0 aliphatic carbocycles. The summed E-state index contributed by atoms with van der Waals surface area (Å²) in [5.41, 5.74) is 1.14. The van der Waals surface area contributed by atoms with Crippen LogP contribution in [0.15, 0.2) is 47.6 Å². The molecule has 0 atom stereocenters. The fourth-order valence-corrected chi connectivity index (χ4v) is 2.95. The van der Waals surface area contributed by atoms with E-state index >= 15 is 0 Å². The summed E-state index contributed by atoms with van der Waals surface area (Å²) in [6.45, 7) is 1.53. The molecule has 0 unspecified atom stereocenters. The van der Waals surface area contributed by atoms with Gasteiger partial charge in [0.15, 0.2) is 0 Å². The van der Waals surface area contributed by atoms with E-state index in [0.717, 1.165) is 6.07 Å². The number of carbonyl (C=O) groups excluding carboxylic acids is 1. The molecule has 0 radical (unpaired) electrons. The van der Waals surface area contributed by atoms with Gasteiger partial charge in [-0.2, -0.15) is 0 Å². The molecule has 2 rings (SSSR count). The smallest absolute Gasteiger partial charge is 0.243 e. The van der Waals surface area contributed by atoms with E-state index in [1.807, 2.05) is 0 Å². The average Bonchev–Trinajstić information content (AvgIpc) is 2.47. The second-order valence-corrected chi connectivity index (χ2v) is 6.61. The van der Waals surface area contributed by atoms with Gasteiger partial charge in [0.05, 0.1) is 11.9 Å². The number of nitrogens with zero attached hydrogens (tertiary/aromatic N) is 1. The number of aromatic nitrogens is 1. The van der Waals surface area contributed by atoms with Crippen molar-refractivity contribution >= 4 is 21.6 Å². The van der Waals surface area contributed by atoms with Crippen molar-refractivity contribution in [1.29, 1.82) is 0 Å². The highest BCUT2D eigenvalue weighted by Gasteiger charge is 2.18. The van der Waals surface area contributed by atoms with Crippen LogP contribution in [0.1, 0.15) is 12.0 Å². The first-order chi connectivity index (χ1) is 10.9. The molecule has 0 aliphatic heterocycles. The van der Waals surface area contributed by atoms with Gasteiger partial charge >= 0.3 is 0 Å². The molecule has 0 bridgehead atoms. The normalized spacial score (nSPS) is 11.2. The van der Waals surface area contributed by atoms with Crippen molar-refractivity contribution < 1.29 is 17.6 Å². The Hall–Kier alpha value is -2.32. The van der Waals surface area contributed by atoms with Gasteiger partial charge in [-0.25, -0.2) is 17.5 Å². The summed E-state index contributed by atoms with van der Waals surface area (Å²) in [6, 6.07) is 7.17. The summed E-state index contributed by atoms with van der Waals surface area (Å²) in [5.74, 6) is -1.19. The summed E-state index contributed by atoms with van der Waals surface area (Å²) < 4.78 is 39.9. The quantitative estimate of drug-likeness (QED) is 0.842. The molecule has 0 saturated carbocycles. The van der Waals surface area contributed by atoms with Crippen molar-refractivity contribution in [2.24, 2.45) is 0 Å². The van der Waals surface area contributed by atoms with E-state index < -0.39 is 20.7 Å². The van der Waals surface area contributed by atoms with Crippen molar-refractivity contribution in [3.05, 3.63) is 54.1 Å². The van der Waals surface area contributed by atoms with Gasteiger partial charge in [-0.1, -0.05) is 6.07 Å². The number of sulfonamides is 1. The molecular weight excluding hydrogens is 321 g/mol. The fraction of sp³-hybridized carbons (Fsp3) is 0.200. The second kappa shape index (κ2) is 7.30. The number of pyridine rings is 1. The van der Waals surface area contributed by atoms with Crippen LogP contribution in [0, 0.1) is 12.7 Å². The van der Waals surface area contributed by atoms with E-state index in [4.69, 9.17) is 0 Å². The SMILES string of the molecule is Cc1ccc(S(=O)(=O)NCCC(=O)Nc2cccnc2)c(F)c1. The molecule has 0 saturated heterocycles. The lowest BCUT2D eigenvalue weighted by molar-refractivity contribution is -0.116. The molecule has 8 heteroatoms. The molecule has 0 fully saturated rings. The Morgan fingerprint density at radius 1 is 1.30 bits per heavy atom. The van der Waals surface area contributed by atoms with E-state index in [1.54, 1.807) is 25.3 Å². The summed E-state index contributed by atoms with van der Waals surface area (Å²) in [5, 5.41) is 2.58. The Morgan fingerprint density at radius 2 is 2.09 bits per heavy atom. The molecule has 0 aliphatic rings. The van der Waals surface area contributed by atoms with E-state index in [1.165, 1.54) is 18.3 Å². The number of hydrogen-bond donors (Lipinski definition) is 2. The van der Waals surface area contributed by atoms with Crippen LogP contribution in [0.4, 0.5) is 10.1 Å². The van der Waals surface area contributed by atoms with Gasteiger partial charge in [0.2, 0.25) is 15.9 Å². The Balaban J connectivity index is 1.91. The number of nitrogens with one attached hydrogen (secondary N) is 2. The first-order valence-electron chi connectivity index (χ1n) is 6.84. The van der Waals surface area contributed by atoms with Crippen LogP contribution in [0.3, 0.4) is 0 Å². The lowest BCUT2D eigenvalue weighted by atomic mass is 10.2. The van der Waals surface area contributed by atoms with Gasteiger partial charge in [0.1, 0.15) is 10.7 Å². The van der Waals surface area contributed by atoms with Crippen LogP contribution in [0.5, 0.6) is 0 Å². The number of rotatable bonds is 6. The summed E-state index contributed by atoms with van der Waals surface area (Å²) in [4.78, 5) is 15.1. The number of hydrogen-bond acceptors (Lipinski definition) is 4. The standard InChI is InChI=1S/C15H16FN3O3S/c1-11-4-5-14(13(16)9-11)23(21,22)18-8-6-15(20)19-12-3-2-7-17-10-12/h2-5,7,9-10,18H,6,8H2,1H3,(H,19,20). The molecule has 0 spiro atoms. The van der Waals surface area contributed by atoms with E-state index in [2.05, 4.69) is 15.0 Å². The highest BCUT2D eigenvalue weighted by molar-refractivity contribution is 7.89. The van der Waals surface area contributed by atoms with Gasteiger partial charge in [0.25, 0.3) is 0 Å². The van der Waals surface area contributed by atoms with Crippen molar-refractivity contribution in [3.63, 3.8) is 0 Å². The molecule has 1 heterocycles. The molecule has 1 amide bonds. The van der Waals surface area contributed by atoms with Crippen molar-refractivity contribution in [2.75, 3.05) is 11.9 Å². The van der Waals surface area contributed by atoms with Crippen LogP contribution in [-0.4, -0.2) is 25.9 Å². The van der Waals surface area contributed by atoms with Gasteiger partial charge in [0, 0.05) is 19.2 Å². The van der Waals surface area contributed by atoms with E-state index in [9.17, 15) is 17.6 Å². The maximum Gasteiger partial charge on any atom is 0.243 e. The Labute approximate surface area is 133 Å². The molecular formula is C15H16FN3O3S. The molecule has 6 nitrogen and oxygen atoms in total. The maximum absolute atomic E-state index is 13.7. The number of amides is 1. The second-order valence-electron chi connectivity index (χ2n) is 4.87. The highest BCUT2D eigenvalue weighted by atomic mass is 32.2. The third kappa shape index (κ3) is 4.83. The third-order valence-corrected chi connectivity index (χ3v) is 4.46. The molecule has 2 N–H and O–H groups in total. The van der Waals surface area contributed by atoms with Crippen LogP contribution in [0.2, 0.25) is 0 Å². The van der Waals surface area contributed by atoms with Crippen molar-refractivity contribution in [2.45, 2.75) is 18.2 Å². The van der Waals surface area contributed by atoms with Crippen LogP contribution in [-0.2, 0) is 14.8 Å². The number of carbonyl (C=O) groups is 1. The Bertz CT molecular complexity index is 795. The van der Waals surface area contributed by atoms with Crippen molar-refractivity contribution in [1.82, 2.24) is 9.71 Å². The number of aryl methyl sites for hydroxylation is 1. The zero-order valence-corrected chi connectivity index (χ0v) is 13.2. The number of anilines is 1. The largest absolute Gasteiger partial charge is 0.325 e. The predicted octanol–water partition coefficient (Wildman–Crippen LogP) is 1.84. The summed E-state index contributed by atoms with van der Waals surface area (Å²) >= 11 is 0. The van der Waals surface area contributed by atoms with E-state index in [-0.39, 0.29) is 18.9 Å². The fourth-order valence-electron chi connectivity index (χ4n) is 1.86. The minimum absolute atomic E-state index is 0.0817. The van der Waals surface area contributed by atoms with E-state index in [0.29, 0.717) is 11.3 Å². The Kier molecular flexibility index (Phi) is 5.41. The maximum atomic E-state index is 13.7. The van der Waals surface area contributed by atoms with Crippen LogP contribution in [0.25, 0.3) is 0 Å². The third-order valence-electron chi connectivity index (χ3n) is 2.97. The molecule has 1 aromatic carbocycles. The van der Waals surface area contributed by atoms with Crippen LogP contribution < -0.4 is 10.0 Å². The van der Waals surface area contributed by atoms with Gasteiger partial charge < -0.3 is 5.32 Å². The van der Waals surface area contributed by atoms with Crippen molar-refractivity contribution in [3.8, 4) is 0 Å². The van der Waals surface area contributed by atoms with Gasteiger partial charge in [-0.05, 0) is 36.8 Å². The van der Waals surface area contributed by atoms with Gasteiger partial charge in [-0.3, -0.25) is 9.78 Å². The first-order valence-corrected chi connectivity index (χ1v) is 8.32. The van der Waals surface area contributed by atoms with Crippen LogP contribution >= 0.6 is 0 Å². The highest BCUT2D eigenvalue weighted by Crippen LogP contribution is 2.15. The average molecular weight is 337 g/mol. The molecule has 2 aromatic rings. The predicted molar refractivity (Wildman–Crippen MR) is 83.8 cm³/mol. The lowest BCUT2D eigenvalue weighted by Crippen LogP contribution is -2.28. The number of benzene rings is 1. The lowest BCUT2D eigenvalue weighted by Gasteiger charge is -2.08. The summed E-state index contributed by atoms with van der Waals surface area (Å²) in [7, 11) is -3.99. The zero-order valence-electron chi connectivity index (χ0n) is 12.4. The topological polar surface area (TPSA) is 88.2 Å². The minimum atomic E-state index is -3.99. The minimum Gasteiger partial charge on any atom is -0.325 e. The first kappa shape index (κ1) is 17.0. The van der Waals surface area contributed by atoms with Gasteiger partial charge in [-0.15, -0.1) is 0 Å². The molecule has 1 aromatic heterocycles. The molecule has 23 heavy (non-hydrogen) atoms.